The van der Waals surface area contributed by atoms with Crippen LogP contribution in [0.2, 0.25) is 0 Å². The number of nitro benzene ring substituents is 1. The third-order valence-corrected chi connectivity index (χ3v) is 2.52. The summed E-state index contributed by atoms with van der Waals surface area (Å²) in [6, 6.07) is 13.5. The highest BCUT2D eigenvalue weighted by atomic mass is 16.6. The van der Waals surface area contributed by atoms with Gasteiger partial charge < -0.3 is 10.4 Å². The zero-order valence-electron chi connectivity index (χ0n) is 9.54. The number of para-hydroxylation sites is 2. The van der Waals surface area contributed by atoms with E-state index in [1.54, 1.807) is 42.5 Å². The zero-order chi connectivity index (χ0) is 13.0. The van der Waals surface area contributed by atoms with Crippen molar-refractivity contribution in [3.05, 3.63) is 64.2 Å². The molecular weight excluding hydrogens is 232 g/mol. The fourth-order valence-electron chi connectivity index (χ4n) is 1.59. The quantitative estimate of drug-likeness (QED) is 0.640. The smallest absolute Gasteiger partial charge is 0.292 e. The Kier molecular flexibility index (Phi) is 3.54. The fourth-order valence-corrected chi connectivity index (χ4v) is 1.59. The average Bonchev–Trinajstić information content (AvgIpc) is 2.40. The van der Waals surface area contributed by atoms with Gasteiger partial charge >= 0.3 is 0 Å². The van der Waals surface area contributed by atoms with E-state index in [1.807, 2.05) is 0 Å². The highest BCUT2D eigenvalue weighted by molar-refractivity contribution is 5.69. The maximum Gasteiger partial charge on any atom is 0.292 e. The molecule has 2 rings (SSSR count). The van der Waals surface area contributed by atoms with Gasteiger partial charge in [0.05, 0.1) is 11.5 Å². The van der Waals surface area contributed by atoms with E-state index in [1.165, 1.54) is 6.07 Å². The van der Waals surface area contributed by atoms with Crippen LogP contribution in [0.5, 0.6) is 0 Å². The van der Waals surface area contributed by atoms with Gasteiger partial charge in [0.15, 0.2) is 0 Å². The second-order valence-corrected chi connectivity index (χ2v) is 3.75. The van der Waals surface area contributed by atoms with Crippen molar-refractivity contribution in [2.75, 3.05) is 5.32 Å². The molecule has 0 saturated carbocycles. The van der Waals surface area contributed by atoms with Gasteiger partial charge in [-0.2, -0.15) is 0 Å². The molecule has 0 heterocycles. The lowest BCUT2D eigenvalue weighted by atomic mass is 10.2. The summed E-state index contributed by atoms with van der Waals surface area (Å²) in [6.07, 6.45) is 0. The van der Waals surface area contributed by atoms with Gasteiger partial charge in [0.25, 0.3) is 5.69 Å². The van der Waals surface area contributed by atoms with Crippen molar-refractivity contribution in [3.8, 4) is 0 Å². The van der Waals surface area contributed by atoms with Crippen LogP contribution < -0.4 is 5.32 Å². The van der Waals surface area contributed by atoms with Gasteiger partial charge in [0.1, 0.15) is 5.69 Å². The molecule has 5 nitrogen and oxygen atoms in total. The summed E-state index contributed by atoms with van der Waals surface area (Å²) in [5, 5.41) is 22.8. The minimum Gasteiger partial charge on any atom is -0.392 e. The van der Waals surface area contributed by atoms with Crippen molar-refractivity contribution < 1.29 is 10.0 Å². The normalized spacial score (nSPS) is 10.1. The first kappa shape index (κ1) is 12.1. The van der Waals surface area contributed by atoms with E-state index < -0.39 is 4.92 Å². The van der Waals surface area contributed by atoms with Gasteiger partial charge in [-0.1, -0.05) is 24.3 Å². The SMILES string of the molecule is O=[N+]([O-])c1ccccc1Nc1ccc(CO)cc1. The largest absolute Gasteiger partial charge is 0.392 e. The molecule has 0 spiro atoms. The van der Waals surface area contributed by atoms with E-state index in [0.717, 1.165) is 11.3 Å². The van der Waals surface area contributed by atoms with Gasteiger partial charge in [-0.25, -0.2) is 0 Å². The number of nitro groups is 1. The van der Waals surface area contributed by atoms with Crippen molar-refractivity contribution >= 4 is 17.1 Å². The monoisotopic (exact) mass is 244 g/mol. The number of nitrogens with zero attached hydrogens (tertiary/aromatic N) is 1. The Morgan fingerprint density at radius 1 is 1.11 bits per heavy atom. The first-order chi connectivity index (χ1) is 8.70. The minimum absolute atomic E-state index is 0.0221. The first-order valence-electron chi connectivity index (χ1n) is 5.41. The van der Waals surface area contributed by atoms with E-state index in [9.17, 15) is 10.1 Å². The molecule has 5 heteroatoms. The summed E-state index contributed by atoms with van der Waals surface area (Å²) >= 11 is 0. The number of rotatable bonds is 4. The van der Waals surface area contributed by atoms with Gasteiger partial charge in [-0.15, -0.1) is 0 Å². The van der Waals surface area contributed by atoms with Crippen molar-refractivity contribution in [1.82, 2.24) is 0 Å². The molecule has 0 aliphatic rings. The van der Waals surface area contributed by atoms with Crippen LogP contribution in [0.25, 0.3) is 0 Å². The lowest BCUT2D eigenvalue weighted by Gasteiger charge is -2.07. The number of hydrogen-bond acceptors (Lipinski definition) is 4. The van der Waals surface area contributed by atoms with Crippen LogP contribution >= 0.6 is 0 Å². The second-order valence-electron chi connectivity index (χ2n) is 3.75. The Balaban J connectivity index is 2.25. The molecule has 0 amide bonds. The number of aliphatic hydroxyl groups is 1. The molecule has 0 atom stereocenters. The van der Waals surface area contributed by atoms with E-state index in [2.05, 4.69) is 5.32 Å². The molecule has 2 N–H and O–H groups in total. The summed E-state index contributed by atoms with van der Waals surface area (Å²) in [4.78, 5) is 10.4. The number of benzene rings is 2. The Morgan fingerprint density at radius 2 is 1.78 bits per heavy atom. The Morgan fingerprint density at radius 3 is 2.39 bits per heavy atom. The summed E-state index contributed by atoms with van der Waals surface area (Å²) in [5.74, 6) is 0. The average molecular weight is 244 g/mol. The summed E-state index contributed by atoms with van der Waals surface area (Å²) in [7, 11) is 0. The predicted octanol–water partition coefficient (Wildman–Crippen LogP) is 2.83. The predicted molar refractivity (Wildman–Crippen MR) is 68.7 cm³/mol. The topological polar surface area (TPSA) is 75.4 Å². The molecule has 0 fully saturated rings. The molecule has 18 heavy (non-hydrogen) atoms. The number of nitrogens with one attached hydrogen (secondary N) is 1. The van der Waals surface area contributed by atoms with Gasteiger partial charge in [0.2, 0.25) is 0 Å². The van der Waals surface area contributed by atoms with Gasteiger partial charge in [-0.05, 0) is 23.8 Å². The molecule has 0 saturated heterocycles. The first-order valence-corrected chi connectivity index (χ1v) is 5.41. The van der Waals surface area contributed by atoms with Crippen molar-refractivity contribution in [2.24, 2.45) is 0 Å². The molecule has 0 aromatic heterocycles. The molecule has 0 aliphatic heterocycles. The maximum atomic E-state index is 10.8. The molecule has 2 aromatic rings. The lowest BCUT2D eigenvalue weighted by Crippen LogP contribution is -1.96. The second kappa shape index (κ2) is 5.29. The van der Waals surface area contributed by atoms with Crippen LogP contribution in [0.1, 0.15) is 5.56 Å². The summed E-state index contributed by atoms with van der Waals surface area (Å²) in [5.41, 5.74) is 2.01. The Hall–Kier alpha value is -2.40. The van der Waals surface area contributed by atoms with E-state index in [4.69, 9.17) is 5.11 Å². The van der Waals surface area contributed by atoms with Crippen LogP contribution in [0.3, 0.4) is 0 Å². The number of anilines is 2. The van der Waals surface area contributed by atoms with E-state index in [0.29, 0.717) is 5.69 Å². The molecule has 92 valence electrons. The third kappa shape index (κ3) is 2.64. The Bertz CT molecular complexity index is 552. The van der Waals surface area contributed by atoms with E-state index in [-0.39, 0.29) is 12.3 Å². The maximum absolute atomic E-state index is 10.8. The standard InChI is InChI=1S/C13H12N2O3/c16-9-10-5-7-11(8-6-10)14-12-3-1-2-4-13(12)15(17)18/h1-8,14,16H,9H2. The molecular formula is C13H12N2O3. The van der Waals surface area contributed by atoms with Crippen molar-refractivity contribution in [2.45, 2.75) is 6.61 Å². The lowest BCUT2D eigenvalue weighted by molar-refractivity contribution is -0.383. The van der Waals surface area contributed by atoms with Crippen LogP contribution in [-0.2, 0) is 6.61 Å². The minimum atomic E-state index is -0.426. The van der Waals surface area contributed by atoms with Crippen LogP contribution in [0.15, 0.2) is 48.5 Å². The van der Waals surface area contributed by atoms with Crippen molar-refractivity contribution in [3.63, 3.8) is 0 Å². The third-order valence-electron chi connectivity index (χ3n) is 2.52. The van der Waals surface area contributed by atoms with Crippen LogP contribution in [-0.4, -0.2) is 10.0 Å². The Labute approximate surface area is 104 Å². The zero-order valence-corrected chi connectivity index (χ0v) is 9.54. The van der Waals surface area contributed by atoms with Gasteiger partial charge in [-0.3, -0.25) is 10.1 Å². The van der Waals surface area contributed by atoms with Crippen molar-refractivity contribution in [1.29, 1.82) is 0 Å². The summed E-state index contributed by atoms with van der Waals surface area (Å²) < 4.78 is 0. The molecule has 2 aromatic carbocycles. The molecule has 0 radical (unpaired) electrons. The van der Waals surface area contributed by atoms with Crippen LogP contribution in [0.4, 0.5) is 17.1 Å². The number of hydrogen-bond donors (Lipinski definition) is 2. The van der Waals surface area contributed by atoms with Gasteiger partial charge in [0, 0.05) is 11.8 Å². The fraction of sp³-hybridized carbons (Fsp3) is 0.0769. The van der Waals surface area contributed by atoms with E-state index >= 15 is 0 Å². The van der Waals surface area contributed by atoms with Crippen LogP contribution in [0, 0.1) is 10.1 Å². The number of aliphatic hydroxyl groups excluding tert-OH is 1. The summed E-state index contributed by atoms with van der Waals surface area (Å²) in [6.45, 7) is -0.0221. The highest BCUT2D eigenvalue weighted by Crippen LogP contribution is 2.26. The molecule has 0 aliphatic carbocycles. The molecule has 0 bridgehead atoms. The highest BCUT2D eigenvalue weighted by Gasteiger charge is 2.11. The molecule has 0 unspecified atom stereocenters.